The number of nitrogens with zero attached hydrogens (tertiary/aromatic N) is 4. The van der Waals surface area contributed by atoms with Crippen LogP contribution in [0.3, 0.4) is 0 Å². The summed E-state index contributed by atoms with van der Waals surface area (Å²) in [6.45, 7) is -0.406. The minimum atomic E-state index is -1.19. The lowest BCUT2D eigenvalue weighted by Gasteiger charge is -2.34. The second kappa shape index (κ2) is 7.75. The van der Waals surface area contributed by atoms with Crippen molar-refractivity contribution in [3.05, 3.63) is 74.7 Å². The summed E-state index contributed by atoms with van der Waals surface area (Å²) in [5.41, 5.74) is -0.994. The Kier molecular flexibility index (Phi) is 4.95. The van der Waals surface area contributed by atoms with E-state index in [-0.39, 0.29) is 18.3 Å². The Morgan fingerprint density at radius 3 is 2.65 bits per heavy atom. The molecule has 2 aliphatic heterocycles. The quantitative estimate of drug-likeness (QED) is 0.603. The van der Waals surface area contributed by atoms with Gasteiger partial charge < -0.3 is 19.9 Å². The molecule has 176 valence electrons. The van der Waals surface area contributed by atoms with E-state index in [9.17, 15) is 32.7 Å². The molecule has 9 nitrogen and oxygen atoms in total. The van der Waals surface area contributed by atoms with E-state index in [1.54, 1.807) is 17.9 Å². The third-order valence-corrected chi connectivity index (χ3v) is 6.27. The van der Waals surface area contributed by atoms with Crippen molar-refractivity contribution in [2.24, 2.45) is 7.05 Å². The summed E-state index contributed by atoms with van der Waals surface area (Å²) in [6.07, 6.45) is 3.84. The van der Waals surface area contributed by atoms with Gasteiger partial charge in [0.1, 0.15) is 23.0 Å². The zero-order chi connectivity index (χ0) is 24.3. The SMILES string of the molecule is Cn1ncc2c1CCC1CN2C(=O)c2c(O)c(=O)c(C(=O)NCc3c(F)cc(F)cc3F)cn21. The number of amides is 2. The highest BCUT2D eigenvalue weighted by atomic mass is 19.1. The molecule has 0 saturated carbocycles. The number of halogens is 3. The third-order valence-electron chi connectivity index (χ3n) is 6.27. The normalized spacial score (nSPS) is 16.6. The van der Waals surface area contributed by atoms with E-state index in [1.807, 2.05) is 0 Å². The molecule has 1 aromatic carbocycles. The number of benzene rings is 1. The molecular formula is C22H18F3N5O4. The average molecular weight is 473 g/mol. The molecule has 0 saturated heterocycles. The Morgan fingerprint density at radius 1 is 1.24 bits per heavy atom. The smallest absolute Gasteiger partial charge is 0.279 e. The number of fused-ring (bicyclic) bond motifs is 6. The molecule has 3 aromatic rings. The number of aryl methyl sites for hydroxylation is 1. The van der Waals surface area contributed by atoms with Gasteiger partial charge in [0.05, 0.1) is 23.6 Å². The van der Waals surface area contributed by atoms with Gasteiger partial charge in [-0.15, -0.1) is 0 Å². The number of aromatic nitrogens is 3. The molecule has 1 atom stereocenters. The molecule has 0 fully saturated rings. The second-order valence-corrected chi connectivity index (χ2v) is 8.22. The Labute approximate surface area is 190 Å². The molecule has 0 aliphatic carbocycles. The van der Waals surface area contributed by atoms with Gasteiger partial charge in [-0.25, -0.2) is 13.2 Å². The average Bonchev–Trinajstić information content (AvgIpc) is 3.04. The topological polar surface area (TPSA) is 109 Å². The van der Waals surface area contributed by atoms with Gasteiger partial charge >= 0.3 is 0 Å². The molecule has 2 N–H and O–H groups in total. The summed E-state index contributed by atoms with van der Waals surface area (Å²) >= 11 is 0. The maximum atomic E-state index is 13.9. The second-order valence-electron chi connectivity index (χ2n) is 8.22. The zero-order valence-electron chi connectivity index (χ0n) is 17.8. The van der Waals surface area contributed by atoms with Gasteiger partial charge in [0.15, 0.2) is 11.4 Å². The first kappa shape index (κ1) is 21.7. The Morgan fingerprint density at radius 2 is 1.94 bits per heavy atom. The van der Waals surface area contributed by atoms with Crippen LogP contribution in [0.25, 0.3) is 0 Å². The predicted octanol–water partition coefficient (Wildman–Crippen LogP) is 1.78. The number of nitrogens with one attached hydrogen (secondary N) is 1. The highest BCUT2D eigenvalue weighted by Gasteiger charge is 2.39. The maximum absolute atomic E-state index is 13.9. The molecule has 1 unspecified atom stereocenters. The van der Waals surface area contributed by atoms with Crippen LogP contribution in [0.2, 0.25) is 0 Å². The van der Waals surface area contributed by atoms with E-state index in [4.69, 9.17) is 0 Å². The fourth-order valence-corrected chi connectivity index (χ4v) is 4.50. The molecule has 34 heavy (non-hydrogen) atoms. The first-order valence-corrected chi connectivity index (χ1v) is 10.4. The fraction of sp³-hybridized carbons (Fsp3) is 0.273. The van der Waals surface area contributed by atoms with E-state index in [0.29, 0.717) is 30.7 Å². The number of pyridine rings is 1. The van der Waals surface area contributed by atoms with Gasteiger partial charge in [-0.05, 0) is 12.8 Å². The number of aromatic hydroxyl groups is 1. The summed E-state index contributed by atoms with van der Waals surface area (Å²) in [5, 5.41) is 17.0. The van der Waals surface area contributed by atoms with Crippen LogP contribution in [0.1, 0.15) is 44.6 Å². The Bertz CT molecular complexity index is 1410. The van der Waals surface area contributed by atoms with Gasteiger partial charge in [0.2, 0.25) is 5.43 Å². The number of hydrogen-bond acceptors (Lipinski definition) is 5. The third kappa shape index (κ3) is 3.25. The molecule has 0 radical (unpaired) electrons. The highest BCUT2D eigenvalue weighted by molar-refractivity contribution is 6.08. The van der Waals surface area contributed by atoms with Crippen molar-refractivity contribution in [1.82, 2.24) is 19.7 Å². The summed E-state index contributed by atoms with van der Waals surface area (Å²) in [7, 11) is 1.75. The number of hydrogen-bond donors (Lipinski definition) is 2. The molecule has 12 heteroatoms. The number of carbonyl (C=O) groups is 2. The summed E-state index contributed by atoms with van der Waals surface area (Å²) < 4.78 is 43.9. The number of rotatable bonds is 3. The summed E-state index contributed by atoms with van der Waals surface area (Å²) in [5.74, 6) is -6.00. The van der Waals surface area contributed by atoms with Crippen molar-refractivity contribution in [3.63, 3.8) is 0 Å². The van der Waals surface area contributed by atoms with Crippen LogP contribution >= 0.6 is 0 Å². The lowest BCUT2D eigenvalue weighted by atomic mass is 10.1. The van der Waals surface area contributed by atoms with Crippen molar-refractivity contribution in [3.8, 4) is 5.75 Å². The van der Waals surface area contributed by atoms with Gasteiger partial charge in [-0.1, -0.05) is 0 Å². The zero-order valence-corrected chi connectivity index (χ0v) is 17.8. The molecule has 2 bridgehead atoms. The van der Waals surface area contributed by atoms with E-state index in [0.717, 1.165) is 5.69 Å². The molecule has 0 spiro atoms. The minimum absolute atomic E-state index is 0.245. The van der Waals surface area contributed by atoms with Crippen LogP contribution < -0.4 is 15.6 Å². The molecule has 2 aliphatic rings. The number of carbonyl (C=O) groups excluding carboxylic acids is 2. The standard InChI is InChI=1S/C22H18F3N5O4/c1-28-16-3-2-11-8-30(17(16)7-27-28)22(34)18-20(32)19(31)13(9-29(11)18)21(33)26-6-12-14(24)4-10(23)5-15(12)25/h4-5,7,9,11,32H,2-3,6,8H2,1H3,(H,26,33). The van der Waals surface area contributed by atoms with E-state index < -0.39 is 58.1 Å². The van der Waals surface area contributed by atoms with Gasteiger partial charge in [-0.3, -0.25) is 19.1 Å². The van der Waals surface area contributed by atoms with Crippen LogP contribution in [0.15, 0.2) is 29.3 Å². The molecule has 4 heterocycles. The molecule has 2 aromatic heterocycles. The maximum Gasteiger partial charge on any atom is 0.279 e. The number of anilines is 1. The molecular weight excluding hydrogens is 455 g/mol. The van der Waals surface area contributed by atoms with E-state index >= 15 is 0 Å². The van der Waals surface area contributed by atoms with Gasteiger partial charge in [0, 0.05) is 44.0 Å². The van der Waals surface area contributed by atoms with Crippen LogP contribution in [0.5, 0.6) is 5.75 Å². The van der Waals surface area contributed by atoms with Crippen molar-refractivity contribution in [2.45, 2.75) is 25.4 Å². The Balaban J connectivity index is 1.50. The van der Waals surface area contributed by atoms with Crippen molar-refractivity contribution in [1.29, 1.82) is 0 Å². The van der Waals surface area contributed by atoms with Crippen LogP contribution in [0, 0.1) is 17.5 Å². The lowest BCUT2D eigenvalue weighted by Crippen LogP contribution is -2.44. The monoisotopic (exact) mass is 473 g/mol. The van der Waals surface area contributed by atoms with Crippen molar-refractivity contribution >= 4 is 17.5 Å². The van der Waals surface area contributed by atoms with Crippen molar-refractivity contribution in [2.75, 3.05) is 11.4 Å². The summed E-state index contributed by atoms with van der Waals surface area (Å²) in [6, 6.07) is 0.604. The Hall–Kier alpha value is -4.09. The first-order valence-electron chi connectivity index (χ1n) is 10.4. The van der Waals surface area contributed by atoms with E-state index in [1.165, 1.54) is 15.7 Å². The lowest BCUT2D eigenvalue weighted by molar-refractivity contribution is 0.0929. The summed E-state index contributed by atoms with van der Waals surface area (Å²) in [4.78, 5) is 40.1. The largest absolute Gasteiger partial charge is 0.503 e. The van der Waals surface area contributed by atoms with Crippen LogP contribution in [-0.4, -0.2) is 37.8 Å². The first-order chi connectivity index (χ1) is 16.2. The molecule has 2 amide bonds. The van der Waals surface area contributed by atoms with Gasteiger partial charge in [0.25, 0.3) is 11.8 Å². The van der Waals surface area contributed by atoms with Crippen LogP contribution in [0.4, 0.5) is 18.9 Å². The van der Waals surface area contributed by atoms with Crippen molar-refractivity contribution < 1.29 is 27.9 Å². The highest BCUT2D eigenvalue weighted by Crippen LogP contribution is 2.37. The molecule has 5 rings (SSSR count). The van der Waals surface area contributed by atoms with E-state index in [2.05, 4.69) is 10.4 Å². The fourth-order valence-electron chi connectivity index (χ4n) is 4.50. The van der Waals surface area contributed by atoms with Crippen LogP contribution in [-0.2, 0) is 20.0 Å². The van der Waals surface area contributed by atoms with Gasteiger partial charge in [-0.2, -0.15) is 5.10 Å². The predicted molar refractivity (Wildman–Crippen MR) is 112 cm³/mol. The minimum Gasteiger partial charge on any atom is -0.503 e.